The Balaban J connectivity index is 2.29. The van der Waals surface area contributed by atoms with E-state index in [0.717, 1.165) is 10.9 Å². The lowest BCUT2D eigenvalue weighted by atomic mass is 10.3. The number of carbonyl (C=O) groups is 1. The minimum absolute atomic E-state index is 0.335. The van der Waals surface area contributed by atoms with Crippen LogP contribution in [0.15, 0.2) is 36.5 Å². The van der Waals surface area contributed by atoms with Gasteiger partial charge in [0.05, 0.1) is 5.52 Å². The first-order valence-corrected chi connectivity index (χ1v) is 4.18. The summed E-state index contributed by atoms with van der Waals surface area (Å²) >= 11 is 0. The molecule has 0 bridgehead atoms. The number of rotatable bonds is 3. The number of hydrogen-bond acceptors (Lipinski definition) is 2. The first-order valence-electron chi connectivity index (χ1n) is 4.18. The van der Waals surface area contributed by atoms with Crippen LogP contribution >= 0.6 is 0 Å². The summed E-state index contributed by atoms with van der Waals surface area (Å²) in [5.41, 5.74) is 0.869. The van der Waals surface area contributed by atoms with Gasteiger partial charge < -0.3 is 9.94 Å². The van der Waals surface area contributed by atoms with E-state index in [1.165, 1.54) is 4.73 Å². The molecule has 0 fully saturated rings. The molecule has 2 rings (SSSR count). The largest absolute Gasteiger partial charge is 0.479 e. The van der Waals surface area contributed by atoms with E-state index >= 15 is 0 Å². The number of aliphatic carboxylic acids is 1. The molecule has 0 aliphatic heterocycles. The highest BCUT2D eigenvalue weighted by molar-refractivity contribution is 5.79. The van der Waals surface area contributed by atoms with Gasteiger partial charge in [-0.15, -0.1) is 0 Å². The molecule has 0 saturated heterocycles. The van der Waals surface area contributed by atoms with Crippen molar-refractivity contribution in [1.29, 1.82) is 0 Å². The fourth-order valence-electron chi connectivity index (χ4n) is 1.29. The number of carboxylic acid groups (broad SMARTS) is 1. The molecule has 2 aromatic rings. The molecule has 0 spiro atoms. The SMILES string of the molecule is O=C(O)COn1ccc2ccccc21. The Bertz CT molecular complexity index is 461. The van der Waals surface area contributed by atoms with Crippen LogP contribution < -0.4 is 4.84 Å². The highest BCUT2D eigenvalue weighted by Gasteiger charge is 2.02. The molecule has 0 atom stereocenters. The molecule has 4 nitrogen and oxygen atoms in total. The molecule has 14 heavy (non-hydrogen) atoms. The van der Waals surface area contributed by atoms with E-state index in [2.05, 4.69) is 0 Å². The van der Waals surface area contributed by atoms with E-state index in [4.69, 9.17) is 9.94 Å². The Morgan fingerprint density at radius 3 is 2.93 bits per heavy atom. The molecule has 4 heteroatoms. The normalized spacial score (nSPS) is 10.3. The predicted molar refractivity (Wildman–Crippen MR) is 51.0 cm³/mol. The zero-order valence-electron chi connectivity index (χ0n) is 7.38. The molecule has 1 N–H and O–H groups in total. The van der Waals surface area contributed by atoms with Crippen LogP contribution in [0.25, 0.3) is 10.9 Å². The summed E-state index contributed by atoms with van der Waals surface area (Å²) in [6.07, 6.45) is 1.70. The second-order valence-corrected chi connectivity index (χ2v) is 2.87. The third-order valence-electron chi connectivity index (χ3n) is 1.89. The van der Waals surface area contributed by atoms with Gasteiger partial charge in [-0.1, -0.05) is 18.2 Å². The van der Waals surface area contributed by atoms with Crippen LogP contribution in [0, 0.1) is 0 Å². The number of nitrogens with zero attached hydrogens (tertiary/aromatic N) is 1. The van der Waals surface area contributed by atoms with Crippen LogP contribution in [-0.4, -0.2) is 22.4 Å². The van der Waals surface area contributed by atoms with Crippen molar-refractivity contribution in [1.82, 2.24) is 4.73 Å². The van der Waals surface area contributed by atoms with Crippen LogP contribution in [0.1, 0.15) is 0 Å². The van der Waals surface area contributed by atoms with Crippen LogP contribution in [0.4, 0.5) is 0 Å². The summed E-state index contributed by atoms with van der Waals surface area (Å²) in [7, 11) is 0. The molecule has 0 amide bonds. The fourth-order valence-corrected chi connectivity index (χ4v) is 1.29. The molecule has 0 saturated carbocycles. The third-order valence-corrected chi connectivity index (χ3v) is 1.89. The molecule has 0 unspecified atom stereocenters. The minimum Gasteiger partial charge on any atom is -0.479 e. The van der Waals surface area contributed by atoms with E-state index in [1.54, 1.807) is 6.20 Å². The van der Waals surface area contributed by atoms with Crippen molar-refractivity contribution >= 4 is 16.9 Å². The van der Waals surface area contributed by atoms with Gasteiger partial charge in [-0.05, 0) is 12.1 Å². The molecule has 0 aliphatic rings. The van der Waals surface area contributed by atoms with Crippen LogP contribution in [0.2, 0.25) is 0 Å². The smallest absolute Gasteiger partial charge is 0.344 e. The molecule has 1 heterocycles. The van der Waals surface area contributed by atoms with Crippen molar-refractivity contribution in [3.8, 4) is 0 Å². The lowest BCUT2D eigenvalue weighted by molar-refractivity contribution is -0.142. The van der Waals surface area contributed by atoms with E-state index in [0.29, 0.717) is 0 Å². The van der Waals surface area contributed by atoms with Gasteiger partial charge in [0.15, 0.2) is 0 Å². The van der Waals surface area contributed by atoms with Crippen molar-refractivity contribution in [3.63, 3.8) is 0 Å². The van der Waals surface area contributed by atoms with Gasteiger partial charge in [-0.2, -0.15) is 4.73 Å². The topological polar surface area (TPSA) is 51.5 Å². The van der Waals surface area contributed by atoms with Gasteiger partial charge in [0.25, 0.3) is 0 Å². The molecule has 0 aliphatic carbocycles. The third kappa shape index (κ3) is 1.54. The number of fused-ring (bicyclic) bond motifs is 1. The molecular weight excluding hydrogens is 182 g/mol. The van der Waals surface area contributed by atoms with Gasteiger partial charge in [0.1, 0.15) is 0 Å². The number of hydrogen-bond donors (Lipinski definition) is 1. The second-order valence-electron chi connectivity index (χ2n) is 2.87. The van der Waals surface area contributed by atoms with Crippen molar-refractivity contribution in [3.05, 3.63) is 36.5 Å². The van der Waals surface area contributed by atoms with Gasteiger partial charge in [-0.3, -0.25) is 0 Å². The molecule has 72 valence electrons. The number of aromatic nitrogens is 1. The second kappa shape index (κ2) is 3.41. The summed E-state index contributed by atoms with van der Waals surface area (Å²) < 4.78 is 1.46. The highest BCUT2D eigenvalue weighted by Crippen LogP contribution is 2.13. The van der Waals surface area contributed by atoms with Crippen molar-refractivity contribution < 1.29 is 14.7 Å². The lowest BCUT2D eigenvalue weighted by Crippen LogP contribution is -2.18. The zero-order chi connectivity index (χ0) is 9.97. The van der Waals surface area contributed by atoms with E-state index in [9.17, 15) is 4.79 Å². The summed E-state index contributed by atoms with van der Waals surface area (Å²) in [6.45, 7) is -0.335. The standard InChI is InChI=1S/C10H9NO3/c12-10(13)7-14-11-6-5-8-3-1-2-4-9(8)11/h1-6H,7H2,(H,12,13). The number of benzene rings is 1. The Morgan fingerprint density at radius 1 is 1.36 bits per heavy atom. The maximum absolute atomic E-state index is 10.3. The molecule has 1 aromatic heterocycles. The average molecular weight is 191 g/mol. The lowest BCUT2D eigenvalue weighted by Gasteiger charge is -2.04. The first kappa shape index (κ1) is 8.62. The Labute approximate surface area is 80.3 Å². The van der Waals surface area contributed by atoms with E-state index in [1.807, 2.05) is 30.3 Å². The zero-order valence-corrected chi connectivity index (χ0v) is 7.38. The fraction of sp³-hybridized carbons (Fsp3) is 0.100. The summed E-state index contributed by atoms with van der Waals surface area (Å²) in [5.74, 6) is -0.984. The summed E-state index contributed by atoms with van der Waals surface area (Å²) in [5, 5.41) is 9.47. The first-order chi connectivity index (χ1) is 6.77. The van der Waals surface area contributed by atoms with E-state index < -0.39 is 5.97 Å². The van der Waals surface area contributed by atoms with Crippen molar-refractivity contribution in [2.45, 2.75) is 0 Å². The average Bonchev–Trinajstić information content (AvgIpc) is 2.58. The number of para-hydroxylation sites is 1. The van der Waals surface area contributed by atoms with Gasteiger partial charge >= 0.3 is 5.97 Å². The van der Waals surface area contributed by atoms with Crippen LogP contribution in [-0.2, 0) is 4.79 Å². The molecular formula is C10H9NO3. The van der Waals surface area contributed by atoms with Crippen LogP contribution in [0.5, 0.6) is 0 Å². The van der Waals surface area contributed by atoms with Crippen molar-refractivity contribution in [2.75, 3.05) is 6.61 Å². The molecule has 0 radical (unpaired) electrons. The highest BCUT2D eigenvalue weighted by atomic mass is 16.7. The summed E-state index contributed by atoms with van der Waals surface area (Å²) in [4.78, 5) is 15.3. The quantitative estimate of drug-likeness (QED) is 0.791. The van der Waals surface area contributed by atoms with E-state index in [-0.39, 0.29) is 6.61 Å². The Morgan fingerprint density at radius 2 is 2.14 bits per heavy atom. The van der Waals surface area contributed by atoms with Crippen LogP contribution in [0.3, 0.4) is 0 Å². The van der Waals surface area contributed by atoms with Gasteiger partial charge in [0, 0.05) is 11.6 Å². The summed E-state index contributed by atoms with van der Waals surface area (Å²) in [6, 6.07) is 9.48. The predicted octanol–water partition coefficient (Wildman–Crippen LogP) is 1.15. The minimum atomic E-state index is -0.984. The maximum atomic E-state index is 10.3. The molecule has 1 aromatic carbocycles. The number of carboxylic acids is 1. The van der Waals surface area contributed by atoms with Gasteiger partial charge in [0.2, 0.25) is 6.61 Å². The van der Waals surface area contributed by atoms with Crippen molar-refractivity contribution in [2.24, 2.45) is 0 Å². The Hall–Kier alpha value is -1.97. The monoisotopic (exact) mass is 191 g/mol. The van der Waals surface area contributed by atoms with Gasteiger partial charge in [-0.25, -0.2) is 4.79 Å². The maximum Gasteiger partial charge on any atom is 0.344 e. The Kier molecular flexibility index (Phi) is 2.10.